The molecule has 0 spiro atoms. The Morgan fingerprint density at radius 1 is 1.47 bits per heavy atom. The first kappa shape index (κ1) is 9.78. The second-order valence-corrected chi connectivity index (χ2v) is 3.87. The molecule has 15 heavy (non-hydrogen) atoms. The van der Waals surface area contributed by atoms with Crippen LogP contribution in [0.5, 0.6) is 0 Å². The highest BCUT2D eigenvalue weighted by atomic mass is 16.2. The summed E-state index contributed by atoms with van der Waals surface area (Å²) in [5.41, 5.74) is -0.698. The summed E-state index contributed by atoms with van der Waals surface area (Å²) in [6.07, 6.45) is 5.31. The predicted molar refractivity (Wildman–Crippen MR) is 54.7 cm³/mol. The first-order valence-electron chi connectivity index (χ1n) is 5.07. The molecule has 1 fully saturated rings. The average Bonchev–Trinajstić information content (AvgIpc) is 2.90. The van der Waals surface area contributed by atoms with Crippen molar-refractivity contribution in [3.8, 4) is 6.07 Å². The monoisotopic (exact) mass is 203 g/mol. The van der Waals surface area contributed by atoms with Crippen molar-refractivity contribution >= 4 is 5.91 Å². The Hall–Kier alpha value is -1.76. The van der Waals surface area contributed by atoms with E-state index in [0.29, 0.717) is 19.4 Å². The molecule has 1 aliphatic carbocycles. The standard InChI is InChI=1S/C11H13N3O/c12-9-11(3-4-11)10(15)13-5-8-14-6-1-2-7-14/h1-2,6-7H,3-5,8H2,(H,13,15). The van der Waals surface area contributed by atoms with Gasteiger partial charge in [0.05, 0.1) is 6.07 Å². The average molecular weight is 203 g/mol. The van der Waals surface area contributed by atoms with E-state index >= 15 is 0 Å². The van der Waals surface area contributed by atoms with Gasteiger partial charge in [0.1, 0.15) is 5.41 Å². The summed E-state index contributed by atoms with van der Waals surface area (Å²) in [5.74, 6) is -0.114. The fraction of sp³-hybridized carbons (Fsp3) is 0.455. The van der Waals surface area contributed by atoms with Gasteiger partial charge >= 0.3 is 0 Å². The lowest BCUT2D eigenvalue weighted by atomic mass is 10.1. The van der Waals surface area contributed by atoms with Crippen LogP contribution in [0.25, 0.3) is 0 Å². The molecule has 0 bridgehead atoms. The van der Waals surface area contributed by atoms with Crippen molar-refractivity contribution in [1.82, 2.24) is 9.88 Å². The molecule has 0 radical (unpaired) electrons. The number of carbonyl (C=O) groups is 1. The normalized spacial score (nSPS) is 16.7. The zero-order chi connectivity index (χ0) is 10.7. The summed E-state index contributed by atoms with van der Waals surface area (Å²) < 4.78 is 1.99. The molecule has 1 amide bonds. The van der Waals surface area contributed by atoms with E-state index < -0.39 is 5.41 Å². The van der Waals surface area contributed by atoms with E-state index in [2.05, 4.69) is 11.4 Å². The molecular weight excluding hydrogens is 190 g/mol. The predicted octanol–water partition coefficient (Wildman–Crippen LogP) is 0.908. The highest BCUT2D eigenvalue weighted by Crippen LogP contribution is 2.44. The third kappa shape index (κ3) is 2.01. The molecule has 1 aromatic rings. The van der Waals surface area contributed by atoms with E-state index in [1.54, 1.807) is 0 Å². The number of amides is 1. The van der Waals surface area contributed by atoms with Crippen LogP contribution < -0.4 is 5.32 Å². The molecule has 1 N–H and O–H groups in total. The zero-order valence-corrected chi connectivity index (χ0v) is 8.44. The summed E-state index contributed by atoms with van der Waals surface area (Å²) >= 11 is 0. The van der Waals surface area contributed by atoms with Crippen LogP contribution in [-0.2, 0) is 11.3 Å². The van der Waals surface area contributed by atoms with E-state index in [0.717, 1.165) is 6.54 Å². The van der Waals surface area contributed by atoms with E-state index in [4.69, 9.17) is 5.26 Å². The number of aromatic nitrogens is 1. The number of carbonyl (C=O) groups excluding carboxylic acids is 1. The van der Waals surface area contributed by atoms with Crippen molar-refractivity contribution in [2.24, 2.45) is 5.41 Å². The van der Waals surface area contributed by atoms with Crippen molar-refractivity contribution in [1.29, 1.82) is 5.26 Å². The Morgan fingerprint density at radius 2 is 2.13 bits per heavy atom. The Kier molecular flexibility index (Phi) is 2.46. The number of nitriles is 1. The lowest BCUT2D eigenvalue weighted by Crippen LogP contribution is -2.33. The van der Waals surface area contributed by atoms with Crippen LogP contribution in [0.2, 0.25) is 0 Å². The maximum absolute atomic E-state index is 11.5. The number of nitrogens with zero attached hydrogens (tertiary/aromatic N) is 2. The fourth-order valence-electron chi connectivity index (χ4n) is 1.50. The SMILES string of the molecule is N#CC1(C(=O)NCCn2cccc2)CC1. The molecule has 1 aliphatic rings. The fourth-order valence-corrected chi connectivity index (χ4v) is 1.50. The lowest BCUT2D eigenvalue weighted by Gasteiger charge is -2.08. The van der Waals surface area contributed by atoms with Gasteiger partial charge in [-0.05, 0) is 25.0 Å². The molecule has 0 aromatic carbocycles. The summed E-state index contributed by atoms with van der Waals surface area (Å²) in [7, 11) is 0. The second kappa shape index (κ2) is 3.77. The van der Waals surface area contributed by atoms with Crippen molar-refractivity contribution in [2.45, 2.75) is 19.4 Å². The van der Waals surface area contributed by atoms with Crippen molar-refractivity contribution in [3.05, 3.63) is 24.5 Å². The van der Waals surface area contributed by atoms with Gasteiger partial charge in [-0.15, -0.1) is 0 Å². The van der Waals surface area contributed by atoms with Crippen LogP contribution in [0, 0.1) is 16.7 Å². The molecule has 0 saturated heterocycles. The second-order valence-electron chi connectivity index (χ2n) is 3.87. The molecule has 78 valence electrons. The Morgan fingerprint density at radius 3 is 2.67 bits per heavy atom. The molecular formula is C11H13N3O. The van der Waals surface area contributed by atoms with Gasteiger partial charge < -0.3 is 9.88 Å². The summed E-state index contributed by atoms with van der Waals surface area (Å²) in [5, 5.41) is 11.6. The van der Waals surface area contributed by atoms with E-state index in [9.17, 15) is 4.79 Å². The Balaban J connectivity index is 1.75. The van der Waals surface area contributed by atoms with Crippen LogP contribution in [0.1, 0.15) is 12.8 Å². The smallest absolute Gasteiger partial charge is 0.240 e. The van der Waals surface area contributed by atoms with Gasteiger partial charge in [-0.3, -0.25) is 4.79 Å². The van der Waals surface area contributed by atoms with E-state index in [1.165, 1.54) is 0 Å². The largest absolute Gasteiger partial charge is 0.353 e. The first-order chi connectivity index (χ1) is 7.27. The number of rotatable bonds is 4. The highest BCUT2D eigenvalue weighted by molar-refractivity contribution is 5.88. The molecule has 0 atom stereocenters. The topological polar surface area (TPSA) is 57.8 Å². The lowest BCUT2D eigenvalue weighted by molar-refractivity contribution is -0.124. The van der Waals surface area contributed by atoms with Gasteiger partial charge in [-0.1, -0.05) is 0 Å². The molecule has 4 heteroatoms. The Labute approximate surface area is 88.5 Å². The number of hydrogen-bond donors (Lipinski definition) is 1. The molecule has 2 rings (SSSR count). The molecule has 1 aromatic heterocycles. The van der Waals surface area contributed by atoms with Gasteiger partial charge in [-0.25, -0.2) is 0 Å². The van der Waals surface area contributed by atoms with Crippen molar-refractivity contribution in [2.75, 3.05) is 6.54 Å². The van der Waals surface area contributed by atoms with Crippen LogP contribution in [0.15, 0.2) is 24.5 Å². The number of hydrogen-bond acceptors (Lipinski definition) is 2. The van der Waals surface area contributed by atoms with Crippen LogP contribution in [-0.4, -0.2) is 17.0 Å². The van der Waals surface area contributed by atoms with E-state index in [1.807, 2.05) is 29.1 Å². The third-order valence-electron chi connectivity index (χ3n) is 2.72. The van der Waals surface area contributed by atoms with E-state index in [-0.39, 0.29) is 5.91 Å². The summed E-state index contributed by atoms with van der Waals surface area (Å²) in [6.45, 7) is 1.33. The summed E-state index contributed by atoms with van der Waals surface area (Å²) in [6, 6.07) is 5.96. The highest BCUT2D eigenvalue weighted by Gasteiger charge is 2.50. The zero-order valence-electron chi connectivity index (χ0n) is 8.44. The molecule has 0 aliphatic heterocycles. The minimum Gasteiger partial charge on any atom is -0.353 e. The molecule has 1 saturated carbocycles. The van der Waals surface area contributed by atoms with Gasteiger partial charge in [0.25, 0.3) is 0 Å². The minimum absolute atomic E-state index is 0.114. The molecule has 4 nitrogen and oxygen atoms in total. The van der Waals surface area contributed by atoms with Gasteiger partial charge in [-0.2, -0.15) is 5.26 Å². The molecule has 1 heterocycles. The third-order valence-corrected chi connectivity index (χ3v) is 2.72. The van der Waals surface area contributed by atoms with Crippen LogP contribution in [0.3, 0.4) is 0 Å². The van der Waals surface area contributed by atoms with Crippen LogP contribution >= 0.6 is 0 Å². The number of nitrogens with one attached hydrogen (secondary N) is 1. The van der Waals surface area contributed by atoms with Gasteiger partial charge in [0.15, 0.2) is 0 Å². The minimum atomic E-state index is -0.698. The van der Waals surface area contributed by atoms with Crippen LogP contribution in [0.4, 0.5) is 0 Å². The maximum Gasteiger partial charge on any atom is 0.240 e. The quantitative estimate of drug-likeness (QED) is 0.790. The Bertz CT molecular complexity index is 384. The van der Waals surface area contributed by atoms with Crippen molar-refractivity contribution < 1.29 is 4.79 Å². The summed E-state index contributed by atoms with van der Waals surface area (Å²) in [4.78, 5) is 11.5. The van der Waals surface area contributed by atoms with Gasteiger partial charge in [0.2, 0.25) is 5.91 Å². The maximum atomic E-state index is 11.5. The van der Waals surface area contributed by atoms with Gasteiger partial charge in [0, 0.05) is 25.5 Å². The van der Waals surface area contributed by atoms with Crippen molar-refractivity contribution in [3.63, 3.8) is 0 Å². The first-order valence-corrected chi connectivity index (χ1v) is 5.07. The molecule has 0 unspecified atom stereocenters.